The van der Waals surface area contributed by atoms with Crippen LogP contribution in [0.25, 0.3) is 0 Å². The van der Waals surface area contributed by atoms with Crippen molar-refractivity contribution in [1.82, 2.24) is 4.90 Å². The second kappa shape index (κ2) is 9.78. The molecule has 2 fully saturated rings. The number of nitrogens with one attached hydrogen (secondary N) is 2. The van der Waals surface area contributed by atoms with Crippen LogP contribution >= 0.6 is 11.6 Å². The quantitative estimate of drug-likeness (QED) is 0.633. The van der Waals surface area contributed by atoms with Gasteiger partial charge in [-0.05, 0) is 55.0 Å². The molecule has 2 aliphatic heterocycles. The molecule has 0 saturated carbocycles. The van der Waals surface area contributed by atoms with E-state index >= 15 is 0 Å². The van der Waals surface area contributed by atoms with Crippen molar-refractivity contribution in [3.8, 4) is 0 Å². The number of carbonyl (C=O) groups excluding carboxylic acids is 3. The molecule has 0 aromatic heterocycles. The molecule has 2 heterocycles. The molecule has 0 spiro atoms. The summed E-state index contributed by atoms with van der Waals surface area (Å²) < 4.78 is 5.18. The average molecular weight is 473 g/mol. The molecule has 2 atom stereocenters. The van der Waals surface area contributed by atoms with Crippen molar-refractivity contribution >= 4 is 46.5 Å². The third-order valence-corrected chi connectivity index (χ3v) is 5.93. The van der Waals surface area contributed by atoms with E-state index in [1.165, 1.54) is 4.90 Å². The second-order valence-corrected chi connectivity index (χ2v) is 8.52. The van der Waals surface area contributed by atoms with Gasteiger partial charge in [0.15, 0.2) is 0 Å². The van der Waals surface area contributed by atoms with Crippen LogP contribution in [0.2, 0.25) is 5.02 Å². The van der Waals surface area contributed by atoms with E-state index in [1.807, 2.05) is 6.92 Å². The van der Waals surface area contributed by atoms with Crippen molar-refractivity contribution in [2.75, 3.05) is 41.8 Å². The van der Waals surface area contributed by atoms with Gasteiger partial charge in [0.2, 0.25) is 5.91 Å². The number of urea groups is 1. The van der Waals surface area contributed by atoms with Gasteiger partial charge < -0.3 is 30.3 Å². The lowest BCUT2D eigenvalue weighted by molar-refractivity contribution is -0.125. The lowest BCUT2D eigenvalue weighted by atomic mass is 10.1. The summed E-state index contributed by atoms with van der Waals surface area (Å²) >= 11 is 5.87. The SMILES string of the molecule is Cc1cc(NC(=O)[C@H]2C[C@@H](O)CN2C(=O)Nc2ccc(Cl)cc2)ccc1N1CCOCC1=O. The third kappa shape index (κ3) is 5.27. The van der Waals surface area contributed by atoms with E-state index in [-0.39, 0.29) is 25.5 Å². The Bertz CT molecular complexity index is 1060. The maximum absolute atomic E-state index is 13.0. The molecule has 0 unspecified atom stereocenters. The number of anilines is 3. The van der Waals surface area contributed by atoms with Gasteiger partial charge in [-0.15, -0.1) is 0 Å². The highest BCUT2D eigenvalue weighted by Crippen LogP contribution is 2.26. The molecule has 2 aromatic carbocycles. The highest BCUT2D eigenvalue weighted by molar-refractivity contribution is 6.30. The molecule has 174 valence electrons. The van der Waals surface area contributed by atoms with Crippen LogP contribution in [0.1, 0.15) is 12.0 Å². The molecule has 4 rings (SSSR count). The summed E-state index contributed by atoms with van der Waals surface area (Å²) in [5, 5.41) is 16.2. The number of aliphatic hydroxyl groups excluding tert-OH is 1. The minimum atomic E-state index is -0.826. The number of halogens is 1. The van der Waals surface area contributed by atoms with Gasteiger partial charge in [-0.2, -0.15) is 0 Å². The monoisotopic (exact) mass is 472 g/mol. The molecule has 2 saturated heterocycles. The summed E-state index contributed by atoms with van der Waals surface area (Å²) in [6.07, 6.45) is -0.660. The van der Waals surface area contributed by atoms with Crippen molar-refractivity contribution in [3.05, 3.63) is 53.1 Å². The predicted octanol–water partition coefficient (Wildman–Crippen LogP) is 2.62. The van der Waals surface area contributed by atoms with Crippen LogP contribution in [-0.4, -0.2) is 66.3 Å². The third-order valence-electron chi connectivity index (χ3n) is 5.68. The van der Waals surface area contributed by atoms with Gasteiger partial charge in [-0.1, -0.05) is 11.6 Å². The van der Waals surface area contributed by atoms with Gasteiger partial charge in [0, 0.05) is 41.6 Å². The van der Waals surface area contributed by atoms with Gasteiger partial charge >= 0.3 is 6.03 Å². The highest BCUT2D eigenvalue weighted by Gasteiger charge is 2.39. The first-order valence-corrected chi connectivity index (χ1v) is 11.0. The molecular formula is C23H25ClN4O5. The minimum Gasteiger partial charge on any atom is -0.391 e. The number of morpholine rings is 1. The van der Waals surface area contributed by atoms with Crippen LogP contribution in [0.15, 0.2) is 42.5 Å². The lowest BCUT2D eigenvalue weighted by Gasteiger charge is -2.28. The van der Waals surface area contributed by atoms with Gasteiger partial charge in [-0.25, -0.2) is 4.79 Å². The number of hydrogen-bond acceptors (Lipinski definition) is 5. The molecule has 9 nitrogen and oxygen atoms in total. The largest absolute Gasteiger partial charge is 0.391 e. The van der Waals surface area contributed by atoms with Crippen molar-refractivity contribution in [2.45, 2.75) is 25.5 Å². The Balaban J connectivity index is 1.44. The van der Waals surface area contributed by atoms with Crippen LogP contribution < -0.4 is 15.5 Å². The number of benzene rings is 2. The molecule has 33 heavy (non-hydrogen) atoms. The molecule has 2 aliphatic rings. The Morgan fingerprint density at radius 1 is 1.12 bits per heavy atom. The first-order valence-electron chi connectivity index (χ1n) is 10.6. The van der Waals surface area contributed by atoms with Crippen LogP contribution in [-0.2, 0) is 14.3 Å². The van der Waals surface area contributed by atoms with Crippen molar-refractivity contribution in [3.63, 3.8) is 0 Å². The number of ether oxygens (including phenoxy) is 1. The molecule has 2 aromatic rings. The Labute approximate surface area is 196 Å². The standard InChI is InChI=1S/C23H25ClN4O5/c1-14-10-17(6-7-19(14)27-8-9-33-13-21(27)30)25-22(31)20-11-18(29)12-28(20)23(32)26-16-4-2-15(24)3-5-16/h2-7,10,18,20,29H,8-9,11-13H2,1H3,(H,25,31)(H,26,32)/t18-,20-/m1/s1. The molecule has 0 radical (unpaired) electrons. The van der Waals surface area contributed by atoms with Gasteiger partial charge in [0.05, 0.1) is 12.7 Å². The van der Waals surface area contributed by atoms with Gasteiger partial charge in [0.25, 0.3) is 5.91 Å². The first kappa shape index (κ1) is 23.0. The predicted molar refractivity (Wildman–Crippen MR) is 125 cm³/mol. The second-order valence-electron chi connectivity index (χ2n) is 8.08. The zero-order valence-electron chi connectivity index (χ0n) is 18.1. The first-order chi connectivity index (χ1) is 15.8. The van der Waals surface area contributed by atoms with Crippen molar-refractivity contribution < 1.29 is 24.2 Å². The number of carbonyl (C=O) groups is 3. The molecule has 4 amide bonds. The summed E-state index contributed by atoms with van der Waals surface area (Å²) in [6.45, 7) is 2.91. The van der Waals surface area contributed by atoms with E-state index in [4.69, 9.17) is 16.3 Å². The van der Waals surface area contributed by atoms with Crippen molar-refractivity contribution in [2.24, 2.45) is 0 Å². The normalized spacial score (nSPS) is 20.6. The zero-order valence-corrected chi connectivity index (χ0v) is 18.8. The minimum absolute atomic E-state index is 0.0502. The Morgan fingerprint density at radius 2 is 1.85 bits per heavy atom. The lowest BCUT2D eigenvalue weighted by Crippen LogP contribution is -2.45. The number of hydrogen-bond donors (Lipinski definition) is 3. The zero-order chi connectivity index (χ0) is 23.5. The Morgan fingerprint density at radius 3 is 2.55 bits per heavy atom. The average Bonchev–Trinajstić information content (AvgIpc) is 3.18. The number of amides is 4. The maximum Gasteiger partial charge on any atom is 0.322 e. The summed E-state index contributed by atoms with van der Waals surface area (Å²) in [6, 6.07) is 10.6. The topological polar surface area (TPSA) is 111 Å². The van der Waals surface area contributed by atoms with E-state index < -0.39 is 24.1 Å². The number of nitrogens with zero attached hydrogens (tertiary/aromatic N) is 2. The Hall–Kier alpha value is -3.14. The number of β-amino-alcohol motifs (C(OH)–C–C–N with tert-alkyl or cyclic N) is 1. The van der Waals surface area contributed by atoms with E-state index in [1.54, 1.807) is 47.4 Å². The smallest absolute Gasteiger partial charge is 0.322 e. The van der Waals surface area contributed by atoms with Gasteiger partial charge in [0.1, 0.15) is 12.6 Å². The van der Waals surface area contributed by atoms with Gasteiger partial charge in [-0.3, -0.25) is 9.59 Å². The number of rotatable bonds is 4. The number of aliphatic hydroxyl groups is 1. The van der Waals surface area contributed by atoms with Crippen LogP contribution in [0.5, 0.6) is 0 Å². The molecule has 0 bridgehead atoms. The number of likely N-dealkylation sites (tertiary alicyclic amines) is 1. The van der Waals surface area contributed by atoms with Crippen LogP contribution in [0, 0.1) is 6.92 Å². The molecule has 0 aliphatic carbocycles. The number of aryl methyl sites for hydroxylation is 1. The van der Waals surface area contributed by atoms with Crippen LogP contribution in [0.3, 0.4) is 0 Å². The fraction of sp³-hybridized carbons (Fsp3) is 0.348. The van der Waals surface area contributed by atoms with E-state index in [2.05, 4.69) is 10.6 Å². The fourth-order valence-corrected chi connectivity index (χ4v) is 4.18. The van der Waals surface area contributed by atoms with Crippen molar-refractivity contribution in [1.29, 1.82) is 0 Å². The molecule has 10 heteroatoms. The highest BCUT2D eigenvalue weighted by atomic mass is 35.5. The molecular weight excluding hydrogens is 448 g/mol. The molecule has 3 N–H and O–H groups in total. The summed E-state index contributed by atoms with van der Waals surface area (Å²) in [5.41, 5.74) is 2.67. The Kier molecular flexibility index (Phi) is 6.83. The van der Waals surface area contributed by atoms with Crippen LogP contribution in [0.4, 0.5) is 21.9 Å². The van der Waals surface area contributed by atoms with E-state index in [9.17, 15) is 19.5 Å². The summed E-state index contributed by atoms with van der Waals surface area (Å²) in [7, 11) is 0. The fourth-order valence-electron chi connectivity index (χ4n) is 4.05. The maximum atomic E-state index is 13.0. The van der Waals surface area contributed by atoms with E-state index in [0.29, 0.717) is 29.5 Å². The summed E-state index contributed by atoms with van der Waals surface area (Å²) in [4.78, 5) is 40.8. The summed E-state index contributed by atoms with van der Waals surface area (Å²) in [5.74, 6) is -0.504. The van der Waals surface area contributed by atoms with E-state index in [0.717, 1.165) is 11.3 Å².